The number of sulfonamides is 1. The number of non-ortho nitro benzene ring substituents is 1. The van der Waals surface area contributed by atoms with Gasteiger partial charge in [-0.25, -0.2) is 13.8 Å². The first-order valence-electron chi connectivity index (χ1n) is 9.49. The fourth-order valence-electron chi connectivity index (χ4n) is 2.93. The van der Waals surface area contributed by atoms with Crippen molar-refractivity contribution in [1.82, 2.24) is 5.43 Å². The number of amides is 1. The molecule has 0 saturated heterocycles. The summed E-state index contributed by atoms with van der Waals surface area (Å²) in [7, 11) is -4.02. The molecule has 0 radical (unpaired) electrons. The number of carbonyl (C=O) groups excluding carboxylic acids is 1. The molecule has 3 aromatic rings. The molecule has 3 aromatic carbocycles. The van der Waals surface area contributed by atoms with Crippen LogP contribution < -0.4 is 9.73 Å². The van der Waals surface area contributed by atoms with E-state index in [0.29, 0.717) is 16.8 Å². The maximum Gasteiger partial charge on any atom is 0.270 e. The van der Waals surface area contributed by atoms with Crippen molar-refractivity contribution in [3.8, 4) is 0 Å². The monoisotopic (exact) mass is 452 g/mol. The van der Waals surface area contributed by atoms with E-state index in [9.17, 15) is 23.3 Å². The lowest BCUT2D eigenvalue weighted by Gasteiger charge is -2.25. The van der Waals surface area contributed by atoms with Crippen LogP contribution in [0, 0.1) is 17.0 Å². The first-order valence-corrected chi connectivity index (χ1v) is 10.9. The number of hydrogen-bond acceptors (Lipinski definition) is 6. The highest BCUT2D eigenvalue weighted by Crippen LogP contribution is 2.26. The summed E-state index contributed by atoms with van der Waals surface area (Å²) in [6, 6.07) is 20.4. The van der Waals surface area contributed by atoms with Crippen LogP contribution in [0.2, 0.25) is 0 Å². The van der Waals surface area contributed by atoms with Crippen LogP contribution in [0.25, 0.3) is 0 Å². The average Bonchev–Trinajstić information content (AvgIpc) is 2.79. The number of para-hydroxylation sites is 1. The van der Waals surface area contributed by atoms with Crippen molar-refractivity contribution in [3.63, 3.8) is 0 Å². The molecule has 1 amide bonds. The number of benzene rings is 3. The molecule has 0 saturated carbocycles. The first-order chi connectivity index (χ1) is 15.3. The van der Waals surface area contributed by atoms with Crippen molar-refractivity contribution in [2.75, 3.05) is 10.8 Å². The van der Waals surface area contributed by atoms with E-state index in [1.807, 2.05) is 0 Å². The number of nitrogens with zero attached hydrogens (tertiary/aromatic N) is 3. The standard InChI is InChI=1S/C22H20N4O5S/c1-17-8-5-6-13-21(17)25(32(30,31)20-11-3-2-4-12-20)16-22(27)24-23-15-18-9-7-10-19(14-18)26(28)29/h2-15H,16H2,1H3,(H,24,27)/b23-15+. The second-order valence-electron chi connectivity index (χ2n) is 6.76. The zero-order valence-corrected chi connectivity index (χ0v) is 17.9. The Morgan fingerprint density at radius 2 is 1.75 bits per heavy atom. The Morgan fingerprint density at radius 3 is 2.44 bits per heavy atom. The predicted molar refractivity (Wildman–Crippen MR) is 121 cm³/mol. The van der Waals surface area contributed by atoms with Crippen LogP contribution in [0.1, 0.15) is 11.1 Å². The van der Waals surface area contributed by atoms with E-state index in [0.717, 1.165) is 4.31 Å². The third-order valence-electron chi connectivity index (χ3n) is 4.49. The number of hydrazone groups is 1. The third-order valence-corrected chi connectivity index (χ3v) is 6.26. The number of nitrogens with one attached hydrogen (secondary N) is 1. The summed E-state index contributed by atoms with van der Waals surface area (Å²) in [5.74, 6) is -0.672. The lowest BCUT2D eigenvalue weighted by atomic mass is 10.2. The molecule has 32 heavy (non-hydrogen) atoms. The Morgan fingerprint density at radius 1 is 1.06 bits per heavy atom. The summed E-state index contributed by atoms with van der Waals surface area (Å²) in [6.45, 7) is 1.25. The summed E-state index contributed by atoms with van der Waals surface area (Å²) in [6.07, 6.45) is 1.24. The molecule has 10 heteroatoms. The van der Waals surface area contributed by atoms with Gasteiger partial charge in [0.15, 0.2) is 0 Å². The zero-order chi connectivity index (χ0) is 23.1. The van der Waals surface area contributed by atoms with E-state index in [1.165, 1.54) is 36.5 Å². The Hall–Kier alpha value is -4.05. The molecule has 3 rings (SSSR count). The van der Waals surface area contributed by atoms with Gasteiger partial charge in [-0.05, 0) is 30.7 Å². The van der Waals surface area contributed by atoms with E-state index in [1.54, 1.807) is 55.5 Å². The Kier molecular flexibility index (Phi) is 6.96. The number of hydrogen-bond donors (Lipinski definition) is 1. The van der Waals surface area contributed by atoms with E-state index in [4.69, 9.17) is 0 Å². The fraction of sp³-hybridized carbons (Fsp3) is 0.0909. The van der Waals surface area contributed by atoms with E-state index in [2.05, 4.69) is 10.5 Å². The SMILES string of the molecule is Cc1ccccc1N(CC(=O)N/N=C/c1cccc([N+](=O)[O-])c1)S(=O)(=O)c1ccccc1. The molecule has 0 aliphatic carbocycles. The number of rotatable bonds is 8. The van der Waals surface area contributed by atoms with E-state index >= 15 is 0 Å². The van der Waals surface area contributed by atoms with Crippen molar-refractivity contribution >= 4 is 33.5 Å². The first kappa shape index (κ1) is 22.6. The molecule has 164 valence electrons. The van der Waals surface area contributed by atoms with Crippen molar-refractivity contribution in [3.05, 3.63) is 100 Å². The summed E-state index contributed by atoms with van der Waals surface area (Å²) in [5.41, 5.74) is 3.63. The molecule has 0 spiro atoms. The lowest BCUT2D eigenvalue weighted by molar-refractivity contribution is -0.384. The van der Waals surface area contributed by atoms with Gasteiger partial charge >= 0.3 is 0 Å². The Labute approximate surface area is 185 Å². The third kappa shape index (κ3) is 5.35. The van der Waals surface area contributed by atoms with E-state index in [-0.39, 0.29) is 10.6 Å². The van der Waals surface area contributed by atoms with Gasteiger partial charge in [0.2, 0.25) is 0 Å². The summed E-state index contributed by atoms with van der Waals surface area (Å²) >= 11 is 0. The highest BCUT2D eigenvalue weighted by atomic mass is 32.2. The molecular formula is C22H20N4O5S. The van der Waals surface area contributed by atoms with Gasteiger partial charge in [-0.15, -0.1) is 0 Å². The van der Waals surface area contributed by atoms with Crippen molar-refractivity contribution < 1.29 is 18.1 Å². The van der Waals surface area contributed by atoms with Gasteiger partial charge in [0.25, 0.3) is 21.6 Å². The van der Waals surface area contributed by atoms with Gasteiger partial charge in [0.1, 0.15) is 6.54 Å². The smallest absolute Gasteiger partial charge is 0.270 e. The molecule has 1 N–H and O–H groups in total. The number of aryl methyl sites for hydroxylation is 1. The number of nitro benzene ring substituents is 1. The highest BCUT2D eigenvalue weighted by Gasteiger charge is 2.27. The molecule has 0 bridgehead atoms. The second kappa shape index (κ2) is 9.84. The minimum Gasteiger partial charge on any atom is -0.271 e. The molecule has 0 aliphatic heterocycles. The van der Waals surface area contributed by atoms with Crippen LogP contribution >= 0.6 is 0 Å². The molecule has 0 atom stereocenters. The molecule has 0 unspecified atom stereocenters. The molecular weight excluding hydrogens is 432 g/mol. The van der Waals surface area contributed by atoms with Crippen LogP contribution in [0.5, 0.6) is 0 Å². The number of anilines is 1. The van der Waals surface area contributed by atoms with Gasteiger partial charge in [0, 0.05) is 17.7 Å². The lowest BCUT2D eigenvalue weighted by Crippen LogP contribution is -2.40. The van der Waals surface area contributed by atoms with Crippen molar-refractivity contribution in [2.45, 2.75) is 11.8 Å². The maximum atomic E-state index is 13.3. The normalized spacial score (nSPS) is 11.3. The average molecular weight is 452 g/mol. The van der Waals surface area contributed by atoms with Crippen LogP contribution in [-0.2, 0) is 14.8 Å². The molecule has 9 nitrogen and oxygen atoms in total. The highest BCUT2D eigenvalue weighted by molar-refractivity contribution is 7.92. The van der Waals surface area contributed by atoms with Crippen molar-refractivity contribution in [2.24, 2.45) is 5.10 Å². The van der Waals surface area contributed by atoms with Crippen molar-refractivity contribution in [1.29, 1.82) is 0 Å². The summed E-state index contributed by atoms with van der Waals surface area (Å²) in [4.78, 5) is 22.9. The van der Waals surface area contributed by atoms with Gasteiger partial charge in [-0.3, -0.25) is 19.2 Å². The second-order valence-corrected chi connectivity index (χ2v) is 8.62. The van der Waals surface area contributed by atoms with Crippen LogP contribution in [0.15, 0.2) is 88.9 Å². The van der Waals surface area contributed by atoms with Gasteiger partial charge in [0.05, 0.1) is 21.7 Å². The van der Waals surface area contributed by atoms with Gasteiger partial charge < -0.3 is 0 Å². The predicted octanol–water partition coefficient (Wildman–Crippen LogP) is 3.25. The Bertz CT molecular complexity index is 1260. The minimum atomic E-state index is -4.02. The van der Waals surface area contributed by atoms with Gasteiger partial charge in [-0.1, -0.05) is 48.5 Å². The largest absolute Gasteiger partial charge is 0.271 e. The number of carbonyl (C=O) groups is 1. The molecule has 0 aromatic heterocycles. The van der Waals surface area contributed by atoms with Crippen LogP contribution in [0.3, 0.4) is 0 Å². The number of nitro groups is 1. The fourth-order valence-corrected chi connectivity index (χ4v) is 4.43. The molecule has 0 heterocycles. The van der Waals surface area contributed by atoms with Gasteiger partial charge in [-0.2, -0.15) is 5.10 Å². The zero-order valence-electron chi connectivity index (χ0n) is 17.1. The Balaban J connectivity index is 1.82. The minimum absolute atomic E-state index is 0.0520. The van der Waals surface area contributed by atoms with Crippen LogP contribution in [-0.4, -0.2) is 32.0 Å². The topological polar surface area (TPSA) is 122 Å². The summed E-state index contributed by atoms with van der Waals surface area (Å²) < 4.78 is 27.5. The quantitative estimate of drug-likeness (QED) is 0.319. The van der Waals surface area contributed by atoms with E-state index < -0.39 is 27.4 Å². The summed E-state index contributed by atoms with van der Waals surface area (Å²) in [5, 5.41) is 14.7. The van der Waals surface area contributed by atoms with Crippen LogP contribution in [0.4, 0.5) is 11.4 Å². The molecule has 0 aliphatic rings. The maximum absolute atomic E-state index is 13.3. The molecule has 0 fully saturated rings.